The van der Waals surface area contributed by atoms with Crippen molar-refractivity contribution in [1.29, 1.82) is 0 Å². The third kappa shape index (κ3) is 5.86. The summed E-state index contributed by atoms with van der Waals surface area (Å²) in [6.45, 7) is -1.17. The highest BCUT2D eigenvalue weighted by molar-refractivity contribution is 5.91. The van der Waals surface area contributed by atoms with Crippen molar-refractivity contribution in [3.05, 3.63) is 46.6 Å². The standard InChI is InChI=1S/C28H32O15/c1-37-12-5-3-11(4-6-12)16-7-13(30)19-14(31)8-17(38-2)24(25(19)40-16)42-28-26(22(35)21(34)18(9-29)41-28)43-27-23(36)20(33)15(32)10-39-27/h3-8,15,18,20-23,26-29,31-36H,9-10H2,1-2H3/t15-,18-,20+,21-,22+,23-,26-,27+,28+/m1/s1. The highest BCUT2D eigenvalue weighted by atomic mass is 16.8. The molecule has 2 fully saturated rings. The minimum atomic E-state index is -1.80. The van der Waals surface area contributed by atoms with Crippen molar-refractivity contribution in [2.45, 2.75) is 55.3 Å². The van der Waals surface area contributed by atoms with Gasteiger partial charge in [-0.1, -0.05) is 0 Å². The Kier molecular flexibility index (Phi) is 9.07. The molecule has 0 aliphatic carbocycles. The smallest absolute Gasteiger partial charge is 0.230 e. The Bertz CT molecular complexity index is 1470. The molecule has 0 unspecified atom stereocenters. The van der Waals surface area contributed by atoms with E-state index in [1.165, 1.54) is 20.3 Å². The van der Waals surface area contributed by atoms with Crippen molar-refractivity contribution in [2.24, 2.45) is 0 Å². The summed E-state index contributed by atoms with van der Waals surface area (Å²) in [4.78, 5) is 13.2. The Hall–Kier alpha value is -3.51. The van der Waals surface area contributed by atoms with Crippen molar-refractivity contribution in [1.82, 2.24) is 0 Å². The van der Waals surface area contributed by atoms with Gasteiger partial charge < -0.3 is 68.6 Å². The molecule has 43 heavy (non-hydrogen) atoms. The van der Waals surface area contributed by atoms with Crippen molar-refractivity contribution in [2.75, 3.05) is 27.4 Å². The molecule has 234 valence electrons. The van der Waals surface area contributed by atoms with Gasteiger partial charge in [-0.25, -0.2) is 0 Å². The topological polar surface area (TPSA) is 227 Å². The van der Waals surface area contributed by atoms with E-state index in [9.17, 15) is 40.5 Å². The summed E-state index contributed by atoms with van der Waals surface area (Å²) in [6.07, 6.45) is -14.6. The van der Waals surface area contributed by atoms with Gasteiger partial charge in [0.25, 0.3) is 0 Å². The molecular formula is C28H32O15. The fourth-order valence-corrected chi connectivity index (χ4v) is 4.90. The Balaban J connectivity index is 1.58. The lowest BCUT2D eigenvalue weighted by atomic mass is 9.98. The Labute approximate surface area is 243 Å². The largest absolute Gasteiger partial charge is 0.507 e. The van der Waals surface area contributed by atoms with Gasteiger partial charge in [0, 0.05) is 17.7 Å². The Morgan fingerprint density at radius 2 is 1.63 bits per heavy atom. The minimum Gasteiger partial charge on any atom is -0.507 e. The van der Waals surface area contributed by atoms with Gasteiger partial charge in [-0.2, -0.15) is 0 Å². The molecule has 0 saturated carbocycles. The molecular weight excluding hydrogens is 576 g/mol. The molecule has 0 amide bonds. The van der Waals surface area contributed by atoms with Crippen molar-refractivity contribution in [3.8, 4) is 34.3 Å². The highest BCUT2D eigenvalue weighted by Crippen LogP contribution is 2.43. The predicted molar refractivity (Wildman–Crippen MR) is 144 cm³/mol. The number of ether oxygens (including phenoxy) is 6. The summed E-state index contributed by atoms with van der Waals surface area (Å²) in [5.41, 5.74) is -0.429. The van der Waals surface area contributed by atoms with Crippen LogP contribution in [0.2, 0.25) is 0 Å². The normalized spacial score (nSPS) is 31.1. The molecule has 5 rings (SSSR count). The monoisotopic (exact) mass is 608 g/mol. The third-order valence-electron chi connectivity index (χ3n) is 7.30. The van der Waals surface area contributed by atoms with Crippen LogP contribution in [0.3, 0.4) is 0 Å². The number of phenols is 1. The van der Waals surface area contributed by atoms with E-state index < -0.39 is 79.7 Å². The highest BCUT2D eigenvalue weighted by Gasteiger charge is 2.50. The molecule has 2 aromatic carbocycles. The molecule has 2 saturated heterocycles. The first kappa shape index (κ1) is 30.9. The van der Waals surface area contributed by atoms with E-state index in [1.54, 1.807) is 24.3 Å². The number of aromatic hydroxyl groups is 1. The van der Waals surface area contributed by atoms with Gasteiger partial charge in [0.05, 0.1) is 27.4 Å². The van der Waals surface area contributed by atoms with E-state index in [0.717, 1.165) is 6.07 Å². The summed E-state index contributed by atoms with van der Waals surface area (Å²) in [6, 6.07) is 8.85. The van der Waals surface area contributed by atoms with E-state index >= 15 is 0 Å². The van der Waals surface area contributed by atoms with Gasteiger partial charge >= 0.3 is 0 Å². The van der Waals surface area contributed by atoms with Crippen LogP contribution in [0.25, 0.3) is 22.3 Å². The van der Waals surface area contributed by atoms with Crippen LogP contribution in [0.15, 0.2) is 45.6 Å². The molecule has 15 heteroatoms. The van der Waals surface area contributed by atoms with E-state index in [-0.39, 0.29) is 28.2 Å². The lowest BCUT2D eigenvalue weighted by molar-refractivity contribution is -0.344. The maximum atomic E-state index is 13.2. The molecule has 0 radical (unpaired) electrons. The van der Waals surface area contributed by atoms with Gasteiger partial charge in [0.2, 0.25) is 12.0 Å². The third-order valence-corrected chi connectivity index (χ3v) is 7.30. The van der Waals surface area contributed by atoms with Crippen LogP contribution in [0, 0.1) is 0 Å². The SMILES string of the molecule is COc1ccc(-c2cc(=O)c3c(O)cc(OC)c(O[C@@H]4O[C@H](CO)[C@@H](O)[C@H](O)[C@H]4O[C@@H]4OC[C@@H](O)[C@H](O)[C@H]4O)c3o2)cc1. The second-order valence-electron chi connectivity index (χ2n) is 10.0. The zero-order chi connectivity index (χ0) is 31.0. The van der Waals surface area contributed by atoms with Crippen molar-refractivity contribution in [3.63, 3.8) is 0 Å². The molecule has 2 aliphatic heterocycles. The lowest BCUT2D eigenvalue weighted by Crippen LogP contribution is -2.63. The summed E-state index contributed by atoms with van der Waals surface area (Å²) < 4.78 is 39.3. The fourth-order valence-electron chi connectivity index (χ4n) is 4.90. The molecule has 7 N–H and O–H groups in total. The zero-order valence-electron chi connectivity index (χ0n) is 23.0. The molecule has 1 aromatic heterocycles. The Morgan fingerprint density at radius 3 is 2.28 bits per heavy atom. The van der Waals surface area contributed by atoms with Gasteiger partial charge in [-0.3, -0.25) is 4.79 Å². The number of hydrogen-bond donors (Lipinski definition) is 7. The second kappa shape index (κ2) is 12.6. The molecule has 2 aliphatic rings. The first-order chi connectivity index (χ1) is 20.6. The van der Waals surface area contributed by atoms with Crippen LogP contribution in [0.4, 0.5) is 0 Å². The lowest BCUT2D eigenvalue weighted by Gasteiger charge is -2.44. The molecule has 0 bridgehead atoms. The van der Waals surface area contributed by atoms with E-state index in [1.807, 2.05) is 0 Å². The summed E-state index contributed by atoms with van der Waals surface area (Å²) in [5.74, 6) is -0.242. The van der Waals surface area contributed by atoms with E-state index in [0.29, 0.717) is 11.3 Å². The number of phenolic OH excluding ortho intramolecular Hbond substituents is 1. The van der Waals surface area contributed by atoms with Gasteiger partial charge in [-0.15, -0.1) is 0 Å². The number of methoxy groups -OCH3 is 2. The van der Waals surface area contributed by atoms with Crippen molar-refractivity contribution < 1.29 is 68.6 Å². The summed E-state index contributed by atoms with van der Waals surface area (Å²) in [5, 5.41) is 71.9. The van der Waals surface area contributed by atoms with Crippen LogP contribution >= 0.6 is 0 Å². The minimum absolute atomic E-state index is 0.0879. The molecule has 3 heterocycles. The first-order valence-electron chi connectivity index (χ1n) is 13.2. The van der Waals surface area contributed by atoms with Crippen LogP contribution in [0.1, 0.15) is 0 Å². The number of aliphatic hydroxyl groups is 6. The molecule has 9 atom stereocenters. The van der Waals surface area contributed by atoms with E-state index in [2.05, 4.69) is 0 Å². The van der Waals surface area contributed by atoms with Crippen molar-refractivity contribution >= 4 is 11.0 Å². The fraction of sp³-hybridized carbons (Fsp3) is 0.464. The molecule has 0 spiro atoms. The quantitative estimate of drug-likeness (QED) is 0.160. The van der Waals surface area contributed by atoms with Crippen LogP contribution < -0.4 is 19.6 Å². The Morgan fingerprint density at radius 1 is 0.907 bits per heavy atom. The average Bonchev–Trinajstić information content (AvgIpc) is 3.01. The number of rotatable bonds is 8. The first-order valence-corrected chi connectivity index (χ1v) is 13.2. The van der Waals surface area contributed by atoms with Crippen LogP contribution in [-0.4, -0.2) is 118 Å². The number of aliphatic hydroxyl groups excluding tert-OH is 6. The molecule has 15 nitrogen and oxygen atoms in total. The number of benzene rings is 2. The maximum absolute atomic E-state index is 13.2. The summed E-state index contributed by atoms with van der Waals surface area (Å²) in [7, 11) is 2.75. The van der Waals surface area contributed by atoms with Crippen LogP contribution in [-0.2, 0) is 14.2 Å². The second-order valence-corrected chi connectivity index (χ2v) is 10.0. The molecule has 3 aromatic rings. The zero-order valence-corrected chi connectivity index (χ0v) is 23.0. The maximum Gasteiger partial charge on any atom is 0.230 e. The van der Waals surface area contributed by atoms with E-state index in [4.69, 9.17) is 32.8 Å². The number of fused-ring (bicyclic) bond motifs is 1. The summed E-state index contributed by atoms with van der Waals surface area (Å²) >= 11 is 0. The van der Waals surface area contributed by atoms with Gasteiger partial charge in [-0.05, 0) is 24.3 Å². The predicted octanol–water partition coefficient (Wildman–Crippen LogP) is -1.18. The average molecular weight is 609 g/mol. The van der Waals surface area contributed by atoms with Crippen LogP contribution in [0.5, 0.6) is 23.0 Å². The van der Waals surface area contributed by atoms with Gasteiger partial charge in [0.1, 0.15) is 59.3 Å². The number of hydrogen-bond acceptors (Lipinski definition) is 15. The van der Waals surface area contributed by atoms with Gasteiger partial charge in [0.15, 0.2) is 29.2 Å².